The van der Waals surface area contributed by atoms with Crippen molar-refractivity contribution in [1.82, 2.24) is 4.90 Å². The Morgan fingerprint density at radius 2 is 2.31 bits per heavy atom. The van der Waals surface area contributed by atoms with E-state index in [-0.39, 0.29) is 13.2 Å². The Bertz CT molecular complexity index is 342. The number of thioether (sulfide) groups is 1. The average Bonchev–Trinajstić information content (AvgIpc) is 2.24. The second kappa shape index (κ2) is 5.74. The average molecular weight is 269 g/mol. The summed E-state index contributed by atoms with van der Waals surface area (Å²) in [5.41, 5.74) is 0. The Labute approximate surface area is 98.9 Å². The zero-order valence-electron chi connectivity index (χ0n) is 8.96. The summed E-state index contributed by atoms with van der Waals surface area (Å²) in [7, 11) is -3.30. The number of rotatable bonds is 3. The summed E-state index contributed by atoms with van der Waals surface area (Å²) >= 11 is 1.50. The summed E-state index contributed by atoms with van der Waals surface area (Å²) in [5.74, 6) is 1.06. The van der Waals surface area contributed by atoms with Crippen LogP contribution in [-0.2, 0) is 14.6 Å². The van der Waals surface area contributed by atoms with Crippen LogP contribution in [0.15, 0.2) is 0 Å². The number of amides is 1. The first-order valence-corrected chi connectivity index (χ1v) is 7.88. The molecule has 1 atom stereocenters. The number of carbonyl (C=O) groups is 1. The van der Waals surface area contributed by atoms with Gasteiger partial charge in [-0.05, 0) is 0 Å². The molecule has 0 spiro atoms. The van der Waals surface area contributed by atoms with Gasteiger partial charge in [0.1, 0.15) is 12.0 Å². The Hall–Kier alpha value is -0.470. The van der Waals surface area contributed by atoms with Crippen LogP contribution in [0.5, 0.6) is 0 Å². The normalized spacial score (nSPS) is 21.9. The lowest BCUT2D eigenvalue weighted by Crippen LogP contribution is -2.50. The van der Waals surface area contributed by atoms with Gasteiger partial charge in [0.2, 0.25) is 0 Å². The van der Waals surface area contributed by atoms with Gasteiger partial charge in [0, 0.05) is 24.3 Å². The standard InChI is InChI=1S/C8H15NO5S2/c1-16(12,13)7-6-15-5-2-9(7)8(11)14-4-3-10/h7,10H,2-6H2,1H3. The fraction of sp³-hybridized carbons (Fsp3) is 0.875. The predicted molar refractivity (Wildman–Crippen MR) is 61.1 cm³/mol. The van der Waals surface area contributed by atoms with Crippen LogP contribution in [0.4, 0.5) is 4.79 Å². The molecular weight excluding hydrogens is 254 g/mol. The van der Waals surface area contributed by atoms with Gasteiger partial charge in [-0.1, -0.05) is 0 Å². The maximum atomic E-state index is 11.5. The van der Waals surface area contributed by atoms with Crippen molar-refractivity contribution in [3.63, 3.8) is 0 Å². The third-order valence-corrected chi connectivity index (χ3v) is 4.77. The van der Waals surface area contributed by atoms with Crippen LogP contribution >= 0.6 is 11.8 Å². The molecular formula is C8H15NO5S2. The van der Waals surface area contributed by atoms with E-state index in [9.17, 15) is 13.2 Å². The van der Waals surface area contributed by atoms with Gasteiger partial charge in [-0.15, -0.1) is 0 Å². The van der Waals surface area contributed by atoms with E-state index in [1.165, 1.54) is 16.7 Å². The maximum Gasteiger partial charge on any atom is 0.410 e. The van der Waals surface area contributed by atoms with Crippen molar-refractivity contribution in [3.05, 3.63) is 0 Å². The quantitative estimate of drug-likeness (QED) is 0.746. The summed E-state index contributed by atoms with van der Waals surface area (Å²) in [6.45, 7) is -0.0243. The minimum absolute atomic E-state index is 0.112. The first-order chi connectivity index (χ1) is 7.46. The minimum atomic E-state index is -3.30. The number of nitrogens with zero attached hydrogens (tertiary/aromatic N) is 1. The Kier molecular flexibility index (Phi) is 4.88. The molecule has 94 valence electrons. The van der Waals surface area contributed by atoms with Gasteiger partial charge in [0.15, 0.2) is 9.84 Å². The summed E-state index contributed by atoms with van der Waals surface area (Å²) < 4.78 is 27.6. The number of hydrogen-bond donors (Lipinski definition) is 1. The largest absolute Gasteiger partial charge is 0.447 e. The lowest BCUT2D eigenvalue weighted by atomic mass is 10.5. The third-order valence-electron chi connectivity index (χ3n) is 2.13. The van der Waals surface area contributed by atoms with E-state index in [4.69, 9.17) is 9.84 Å². The molecule has 1 N–H and O–H groups in total. The molecule has 0 aromatic heterocycles. The number of carbonyl (C=O) groups excluding carboxylic acids is 1. The first kappa shape index (κ1) is 13.6. The van der Waals surface area contributed by atoms with E-state index in [1.807, 2.05) is 0 Å². The highest BCUT2D eigenvalue weighted by Crippen LogP contribution is 2.20. The second-order valence-electron chi connectivity index (χ2n) is 3.39. The molecule has 1 heterocycles. The molecule has 1 unspecified atom stereocenters. The van der Waals surface area contributed by atoms with Crippen molar-refractivity contribution in [2.75, 3.05) is 37.5 Å². The minimum Gasteiger partial charge on any atom is -0.447 e. The lowest BCUT2D eigenvalue weighted by molar-refractivity contribution is 0.0831. The van der Waals surface area contributed by atoms with Crippen molar-refractivity contribution >= 4 is 27.7 Å². The van der Waals surface area contributed by atoms with Gasteiger partial charge in [-0.2, -0.15) is 11.8 Å². The topological polar surface area (TPSA) is 83.9 Å². The molecule has 0 bridgehead atoms. The Morgan fingerprint density at radius 3 is 2.88 bits per heavy atom. The van der Waals surface area contributed by atoms with Crippen molar-refractivity contribution in [2.24, 2.45) is 0 Å². The molecule has 1 amide bonds. The van der Waals surface area contributed by atoms with Crippen LogP contribution < -0.4 is 0 Å². The number of aliphatic hydroxyl groups is 1. The van der Waals surface area contributed by atoms with Crippen LogP contribution in [0.1, 0.15) is 0 Å². The smallest absolute Gasteiger partial charge is 0.410 e. The molecule has 1 aliphatic heterocycles. The number of hydrogen-bond acceptors (Lipinski definition) is 6. The summed E-state index contributed by atoms with van der Waals surface area (Å²) in [6.07, 6.45) is 0.431. The van der Waals surface area contributed by atoms with Gasteiger partial charge in [-0.25, -0.2) is 13.2 Å². The van der Waals surface area contributed by atoms with Crippen LogP contribution in [0.2, 0.25) is 0 Å². The third kappa shape index (κ3) is 3.53. The number of aliphatic hydroxyl groups excluding tert-OH is 1. The number of ether oxygens (including phenoxy) is 1. The highest BCUT2D eigenvalue weighted by atomic mass is 32.2. The van der Waals surface area contributed by atoms with Gasteiger partial charge in [0.05, 0.1) is 6.61 Å². The molecule has 0 aromatic rings. The molecule has 0 aromatic carbocycles. The van der Waals surface area contributed by atoms with Crippen molar-refractivity contribution in [2.45, 2.75) is 5.37 Å². The summed E-state index contributed by atoms with van der Waals surface area (Å²) in [4.78, 5) is 12.7. The zero-order valence-corrected chi connectivity index (χ0v) is 10.6. The van der Waals surface area contributed by atoms with Gasteiger partial charge in [0.25, 0.3) is 0 Å². The van der Waals surface area contributed by atoms with Crippen LogP contribution in [0.25, 0.3) is 0 Å². The summed E-state index contributed by atoms with van der Waals surface area (Å²) in [6, 6.07) is 0. The van der Waals surface area contributed by atoms with E-state index >= 15 is 0 Å². The fourth-order valence-electron chi connectivity index (χ4n) is 1.36. The maximum absolute atomic E-state index is 11.5. The Morgan fingerprint density at radius 1 is 1.62 bits per heavy atom. The molecule has 1 aliphatic rings. The predicted octanol–water partition coefficient (Wildman–Crippen LogP) is -0.465. The van der Waals surface area contributed by atoms with Crippen LogP contribution in [0, 0.1) is 0 Å². The molecule has 6 nitrogen and oxygen atoms in total. The van der Waals surface area contributed by atoms with Gasteiger partial charge < -0.3 is 9.84 Å². The molecule has 16 heavy (non-hydrogen) atoms. The molecule has 0 radical (unpaired) electrons. The van der Waals surface area contributed by atoms with Crippen molar-refractivity contribution in [1.29, 1.82) is 0 Å². The van der Waals surface area contributed by atoms with Crippen molar-refractivity contribution in [3.8, 4) is 0 Å². The van der Waals surface area contributed by atoms with E-state index < -0.39 is 21.3 Å². The molecule has 0 aliphatic carbocycles. The molecule has 1 rings (SSSR count). The number of sulfone groups is 1. The van der Waals surface area contributed by atoms with Crippen molar-refractivity contribution < 1.29 is 23.1 Å². The monoisotopic (exact) mass is 269 g/mol. The van der Waals surface area contributed by atoms with Gasteiger partial charge in [-0.3, -0.25) is 4.90 Å². The van der Waals surface area contributed by atoms with E-state index in [0.29, 0.717) is 18.1 Å². The zero-order chi connectivity index (χ0) is 12.2. The van der Waals surface area contributed by atoms with Gasteiger partial charge >= 0.3 is 6.09 Å². The molecule has 1 fully saturated rings. The van der Waals surface area contributed by atoms with E-state index in [2.05, 4.69) is 0 Å². The van der Waals surface area contributed by atoms with Crippen LogP contribution in [-0.4, -0.2) is 67.4 Å². The second-order valence-corrected chi connectivity index (χ2v) is 6.74. The lowest BCUT2D eigenvalue weighted by Gasteiger charge is -2.32. The summed E-state index contributed by atoms with van der Waals surface area (Å²) in [5, 5.41) is 7.70. The Balaban J connectivity index is 2.71. The molecule has 0 saturated carbocycles. The first-order valence-electron chi connectivity index (χ1n) is 4.77. The van der Waals surface area contributed by atoms with E-state index in [1.54, 1.807) is 0 Å². The highest BCUT2D eigenvalue weighted by molar-refractivity contribution is 8.00. The highest BCUT2D eigenvalue weighted by Gasteiger charge is 2.34. The van der Waals surface area contributed by atoms with Crippen LogP contribution in [0.3, 0.4) is 0 Å². The van der Waals surface area contributed by atoms with E-state index in [0.717, 1.165) is 6.26 Å². The SMILES string of the molecule is CS(=O)(=O)C1CSCCN1C(=O)OCCO. The molecule has 8 heteroatoms. The molecule has 1 saturated heterocycles. The fourth-order valence-corrected chi connectivity index (χ4v) is 4.17.